The topological polar surface area (TPSA) is 60.0 Å². The van der Waals surface area contributed by atoms with Gasteiger partial charge in [0.25, 0.3) is 0 Å². The van der Waals surface area contributed by atoms with E-state index >= 15 is 0 Å². The molecule has 0 aliphatic carbocycles. The highest BCUT2D eigenvalue weighted by molar-refractivity contribution is 5.86. The van der Waals surface area contributed by atoms with Crippen LogP contribution in [0.2, 0.25) is 0 Å². The first-order valence-corrected chi connectivity index (χ1v) is 11.8. The molecule has 1 aromatic carbocycles. The molecule has 1 aromatic rings. The van der Waals surface area contributed by atoms with Crippen LogP contribution in [0.15, 0.2) is 100 Å². The van der Waals surface area contributed by atoms with E-state index in [9.17, 15) is 4.79 Å². The molecule has 0 fully saturated rings. The maximum Gasteiger partial charge on any atom is 0.243 e. The van der Waals surface area contributed by atoms with Gasteiger partial charge in [0, 0.05) is 6.54 Å². The SMILES string of the molecule is C=CC(=O)NCCCN(C)C.C=CCCOC=COC=COCCC=C.C=Cc1ccccc1C=C. The average molecular weight is 497 g/mol. The van der Waals surface area contributed by atoms with E-state index in [2.05, 4.69) is 43.1 Å². The summed E-state index contributed by atoms with van der Waals surface area (Å²) in [5.74, 6) is -0.0937. The quantitative estimate of drug-likeness (QED) is 0.118. The fraction of sp³-hybridized carbons (Fsp3) is 0.300. The van der Waals surface area contributed by atoms with Gasteiger partial charge in [-0.25, -0.2) is 0 Å². The van der Waals surface area contributed by atoms with Crippen LogP contribution in [0, 0.1) is 0 Å². The van der Waals surface area contributed by atoms with Crippen LogP contribution >= 0.6 is 0 Å². The largest absolute Gasteiger partial charge is 0.498 e. The first-order chi connectivity index (χ1) is 17.5. The van der Waals surface area contributed by atoms with Gasteiger partial charge < -0.3 is 24.4 Å². The van der Waals surface area contributed by atoms with Crippen LogP contribution in [0.25, 0.3) is 12.2 Å². The lowest BCUT2D eigenvalue weighted by Gasteiger charge is -2.08. The number of ether oxygens (including phenoxy) is 3. The fourth-order valence-electron chi connectivity index (χ4n) is 2.19. The smallest absolute Gasteiger partial charge is 0.243 e. The van der Waals surface area contributed by atoms with Gasteiger partial charge in [0.15, 0.2) is 0 Å². The van der Waals surface area contributed by atoms with Crippen LogP contribution in [-0.2, 0) is 19.0 Å². The van der Waals surface area contributed by atoms with Crippen molar-refractivity contribution in [2.45, 2.75) is 19.3 Å². The van der Waals surface area contributed by atoms with Crippen molar-refractivity contribution in [1.29, 1.82) is 0 Å². The van der Waals surface area contributed by atoms with Crippen LogP contribution in [-0.4, -0.2) is 51.2 Å². The maximum absolute atomic E-state index is 10.6. The van der Waals surface area contributed by atoms with Crippen LogP contribution in [0.3, 0.4) is 0 Å². The second-order valence-electron chi connectivity index (χ2n) is 7.27. The first-order valence-electron chi connectivity index (χ1n) is 11.8. The van der Waals surface area contributed by atoms with E-state index in [1.165, 1.54) is 31.1 Å². The average Bonchev–Trinajstić information content (AvgIpc) is 2.90. The molecule has 0 atom stereocenters. The Morgan fingerprint density at radius 3 is 1.75 bits per heavy atom. The molecule has 0 spiro atoms. The van der Waals surface area contributed by atoms with E-state index in [0.29, 0.717) is 13.2 Å². The number of carbonyl (C=O) groups is 1. The molecule has 1 rings (SSSR count). The van der Waals surface area contributed by atoms with Crippen molar-refractivity contribution in [3.63, 3.8) is 0 Å². The molecule has 0 aromatic heterocycles. The van der Waals surface area contributed by atoms with Gasteiger partial charge in [-0.1, -0.05) is 68.3 Å². The molecule has 1 N–H and O–H groups in total. The molecule has 6 heteroatoms. The zero-order chi connectivity index (χ0) is 27.3. The molecule has 36 heavy (non-hydrogen) atoms. The fourth-order valence-corrected chi connectivity index (χ4v) is 2.19. The Bertz CT molecular complexity index is 749. The van der Waals surface area contributed by atoms with Gasteiger partial charge in [-0.15, -0.1) is 13.2 Å². The summed E-state index contributed by atoms with van der Waals surface area (Å²) in [6.45, 7) is 20.8. The molecule has 0 saturated carbocycles. The molecule has 0 saturated heterocycles. The van der Waals surface area contributed by atoms with Crippen molar-refractivity contribution >= 4 is 18.1 Å². The van der Waals surface area contributed by atoms with Gasteiger partial charge in [-0.05, 0) is 57.1 Å². The zero-order valence-corrected chi connectivity index (χ0v) is 22.1. The van der Waals surface area contributed by atoms with Crippen LogP contribution in [0.5, 0.6) is 0 Å². The van der Waals surface area contributed by atoms with E-state index in [0.717, 1.165) is 43.5 Å². The standard InChI is InChI=1S/C12H18O3.C10H10.C8H16N2O/c1-3-5-7-13-9-11-15-12-10-14-8-6-4-2;1-3-9-7-5-6-8-10(9)4-2;1-4-8(11)9-6-5-7-10(2)3/h3-4,9-12H,1-2,5-8H2;3-8H,1-2H2;4H,1,5-7H2,2-3H3,(H,9,11). The third-order valence-corrected chi connectivity index (χ3v) is 4.04. The molecule has 6 nitrogen and oxygen atoms in total. The van der Waals surface area contributed by atoms with Crippen molar-refractivity contribution in [1.82, 2.24) is 10.2 Å². The Kier molecular flexibility index (Phi) is 26.3. The maximum atomic E-state index is 10.6. The summed E-state index contributed by atoms with van der Waals surface area (Å²) in [7, 11) is 4.02. The van der Waals surface area contributed by atoms with Gasteiger partial charge in [0.2, 0.25) is 5.91 Å². The van der Waals surface area contributed by atoms with Gasteiger partial charge in [-0.2, -0.15) is 0 Å². The van der Waals surface area contributed by atoms with Gasteiger partial charge in [-0.3, -0.25) is 4.79 Å². The molecule has 198 valence electrons. The number of hydrogen-bond acceptors (Lipinski definition) is 5. The summed E-state index contributed by atoms with van der Waals surface area (Å²) in [4.78, 5) is 12.7. The molecule has 1 amide bonds. The number of rotatable bonds is 17. The Morgan fingerprint density at radius 2 is 1.36 bits per heavy atom. The second kappa shape index (κ2) is 27.5. The first kappa shape index (κ1) is 34.4. The van der Waals surface area contributed by atoms with Gasteiger partial charge in [0.05, 0.1) is 13.2 Å². The lowest BCUT2D eigenvalue weighted by Crippen LogP contribution is -2.25. The minimum absolute atomic E-state index is 0.0937. The predicted octanol–water partition coefficient (Wildman–Crippen LogP) is 6.34. The Labute approximate surface area is 218 Å². The van der Waals surface area contributed by atoms with Crippen molar-refractivity contribution in [3.8, 4) is 0 Å². The predicted molar refractivity (Wildman–Crippen MR) is 154 cm³/mol. The highest BCUT2D eigenvalue weighted by Crippen LogP contribution is 2.10. The molecule has 0 radical (unpaired) electrons. The number of amides is 1. The molecule has 0 aliphatic rings. The summed E-state index contributed by atoms with van der Waals surface area (Å²) >= 11 is 0. The third-order valence-electron chi connectivity index (χ3n) is 4.04. The third kappa shape index (κ3) is 24.9. The highest BCUT2D eigenvalue weighted by Gasteiger charge is 1.93. The Balaban J connectivity index is 0. The highest BCUT2D eigenvalue weighted by atomic mass is 16.5. The number of carbonyl (C=O) groups excluding carboxylic acids is 1. The lowest BCUT2D eigenvalue weighted by atomic mass is 10.1. The van der Waals surface area contributed by atoms with E-state index in [-0.39, 0.29) is 5.91 Å². The van der Waals surface area contributed by atoms with Gasteiger partial charge >= 0.3 is 0 Å². The molecule has 0 unspecified atom stereocenters. The van der Waals surface area contributed by atoms with Crippen molar-refractivity contribution in [2.24, 2.45) is 0 Å². The van der Waals surface area contributed by atoms with E-state index in [4.69, 9.17) is 14.2 Å². The molecular weight excluding hydrogens is 452 g/mol. The normalized spacial score (nSPS) is 9.75. The number of benzene rings is 1. The molecule has 0 bridgehead atoms. The Hall–Kier alpha value is -3.77. The summed E-state index contributed by atoms with van der Waals surface area (Å²) in [6.07, 6.45) is 17.0. The van der Waals surface area contributed by atoms with Crippen LogP contribution < -0.4 is 5.32 Å². The van der Waals surface area contributed by atoms with E-state index in [1.807, 2.05) is 50.5 Å². The minimum atomic E-state index is -0.0937. The summed E-state index contributed by atoms with van der Waals surface area (Å²) in [5, 5.41) is 2.70. The van der Waals surface area contributed by atoms with E-state index < -0.39 is 0 Å². The summed E-state index contributed by atoms with van der Waals surface area (Å²) < 4.78 is 15.0. The number of nitrogens with one attached hydrogen (secondary N) is 1. The van der Waals surface area contributed by atoms with Crippen molar-refractivity contribution in [3.05, 3.63) is 112 Å². The van der Waals surface area contributed by atoms with Gasteiger partial charge in [0.1, 0.15) is 25.0 Å². The summed E-state index contributed by atoms with van der Waals surface area (Å²) in [6, 6.07) is 8.02. The zero-order valence-electron chi connectivity index (χ0n) is 22.1. The number of nitrogens with zero attached hydrogens (tertiary/aromatic N) is 1. The molecular formula is C30H44N2O4. The Morgan fingerprint density at radius 1 is 0.861 bits per heavy atom. The van der Waals surface area contributed by atoms with E-state index in [1.54, 1.807) is 12.2 Å². The van der Waals surface area contributed by atoms with Crippen LogP contribution in [0.1, 0.15) is 30.4 Å². The molecule has 0 heterocycles. The number of hydrogen-bond donors (Lipinski definition) is 1. The summed E-state index contributed by atoms with van der Waals surface area (Å²) in [5.41, 5.74) is 2.27. The lowest BCUT2D eigenvalue weighted by molar-refractivity contribution is -0.116. The van der Waals surface area contributed by atoms with Crippen molar-refractivity contribution < 1.29 is 19.0 Å². The van der Waals surface area contributed by atoms with Crippen LogP contribution in [0.4, 0.5) is 0 Å². The monoisotopic (exact) mass is 496 g/mol. The van der Waals surface area contributed by atoms with Crippen molar-refractivity contribution in [2.75, 3.05) is 40.4 Å². The minimum Gasteiger partial charge on any atom is -0.498 e. The molecule has 0 aliphatic heterocycles. The second-order valence-corrected chi connectivity index (χ2v) is 7.27.